The zero-order valence-corrected chi connectivity index (χ0v) is 35.8. The molecule has 0 aromatic rings. The Labute approximate surface area is 370 Å². The largest absolute Gasteiger partial charge is 0.460 e. The maximum atomic E-state index is 12.6. The first-order valence-electron chi connectivity index (χ1n) is 22.6. The molecule has 4 saturated heterocycles. The molecule has 0 spiro atoms. The molecule has 7 aliphatic rings. The summed E-state index contributed by atoms with van der Waals surface area (Å²) in [5.74, 6) is -1.37. The van der Waals surface area contributed by atoms with Gasteiger partial charge in [0.1, 0.15) is 79.9 Å². The molecule has 22 nitrogen and oxygen atoms in total. The molecule has 0 amide bonds. The van der Waals surface area contributed by atoms with E-state index in [0.29, 0.717) is 6.42 Å². The Bertz CT molecular complexity index is 1500. The van der Waals surface area contributed by atoms with E-state index in [0.717, 1.165) is 25.7 Å². The van der Waals surface area contributed by atoms with Crippen LogP contribution in [0.1, 0.15) is 64.2 Å². The van der Waals surface area contributed by atoms with Gasteiger partial charge in [0.2, 0.25) is 0 Å². The van der Waals surface area contributed by atoms with E-state index in [1.807, 2.05) is 0 Å². The SMILES string of the molecule is COC1CCC(C=CC(=O)OC[C@H]2O[C@@H](OC[C@H]3O[C@@H](OC4CC5C(O)CC(O)CC5[OH+]C4C4CCC(O)C(O)C4)[C@H](O[C@@H]4OC[C@@H](O)[C@H](O)[C@H]4O)[C@@H](O)[C@H]3O)[C@H](O)[C@@H](O)[C@@H]2O)CC1. The van der Waals surface area contributed by atoms with Crippen molar-refractivity contribution in [2.75, 3.05) is 26.9 Å². The third-order valence-electron chi connectivity index (χ3n) is 14.3. The molecule has 0 aromatic heterocycles. The number of hydrogen-bond acceptors (Lipinski definition) is 21. The van der Waals surface area contributed by atoms with Gasteiger partial charge < -0.3 is 104 Å². The van der Waals surface area contributed by atoms with Crippen LogP contribution in [0.2, 0.25) is 0 Å². The molecule has 9 unspecified atom stereocenters. The van der Waals surface area contributed by atoms with Crippen LogP contribution >= 0.6 is 0 Å². The monoisotopic (exact) mass is 925 g/mol. The molecule has 4 aliphatic heterocycles. The van der Waals surface area contributed by atoms with Gasteiger partial charge in [-0.2, -0.15) is 0 Å². The number of aliphatic hydroxyl groups excluding tert-OH is 12. The van der Waals surface area contributed by atoms with Gasteiger partial charge in [0.25, 0.3) is 0 Å². The zero-order chi connectivity index (χ0) is 46.0. The van der Waals surface area contributed by atoms with Crippen molar-refractivity contribution in [3.8, 4) is 0 Å². The maximum Gasteiger partial charge on any atom is 0.330 e. The lowest BCUT2D eigenvalue weighted by Crippen LogP contribution is -2.65. The fraction of sp³-hybridized carbons (Fsp3) is 0.929. The predicted octanol–water partition coefficient (Wildman–Crippen LogP) is -4.91. The number of esters is 1. The van der Waals surface area contributed by atoms with Crippen LogP contribution in [-0.4, -0.2) is 234 Å². The molecule has 7 fully saturated rings. The molecular weight excluding hydrogens is 856 g/mol. The summed E-state index contributed by atoms with van der Waals surface area (Å²) in [5, 5.41) is 129. The highest BCUT2D eigenvalue weighted by Crippen LogP contribution is 2.43. The number of allylic oxidation sites excluding steroid dienone is 1. The van der Waals surface area contributed by atoms with E-state index in [1.165, 1.54) is 6.08 Å². The smallest absolute Gasteiger partial charge is 0.330 e. The molecular formula is C42H69O22+. The van der Waals surface area contributed by atoms with Crippen LogP contribution in [0.5, 0.6) is 0 Å². The van der Waals surface area contributed by atoms with Crippen molar-refractivity contribution in [2.24, 2.45) is 17.8 Å². The highest BCUT2D eigenvalue weighted by atomic mass is 16.8. The second-order valence-corrected chi connectivity index (χ2v) is 18.7. The van der Waals surface area contributed by atoms with E-state index < -0.39 is 160 Å². The van der Waals surface area contributed by atoms with Crippen LogP contribution < -0.4 is 0 Å². The summed E-state index contributed by atoms with van der Waals surface area (Å²) >= 11 is 0. The number of rotatable bonds is 13. The molecule has 22 heteroatoms. The average Bonchev–Trinajstić information content (AvgIpc) is 3.28. The minimum Gasteiger partial charge on any atom is -0.460 e. The number of aliphatic hydroxyl groups is 14. The molecule has 4 heterocycles. The lowest BCUT2D eigenvalue weighted by molar-refractivity contribution is -0.385. The van der Waals surface area contributed by atoms with Crippen molar-refractivity contribution in [1.82, 2.24) is 0 Å². The Morgan fingerprint density at radius 1 is 0.641 bits per heavy atom. The van der Waals surface area contributed by atoms with Gasteiger partial charge in [0.05, 0.1) is 49.7 Å². The fourth-order valence-electron chi connectivity index (χ4n) is 10.4. The number of methoxy groups -OCH3 is 1. The minimum atomic E-state index is -1.89. The highest BCUT2D eigenvalue weighted by Gasteiger charge is 2.56. The molecule has 7 rings (SSSR count). The highest BCUT2D eigenvalue weighted by molar-refractivity contribution is 5.81. The van der Waals surface area contributed by atoms with E-state index >= 15 is 0 Å². The van der Waals surface area contributed by atoms with Gasteiger partial charge in [-0.1, -0.05) is 6.08 Å². The van der Waals surface area contributed by atoms with E-state index in [4.69, 9.17) is 42.6 Å². The summed E-state index contributed by atoms with van der Waals surface area (Å²) in [6.45, 7) is -1.63. The molecule has 3 aliphatic carbocycles. The van der Waals surface area contributed by atoms with Gasteiger partial charge in [0.15, 0.2) is 31.1 Å². The topological polar surface area (TPSA) is 346 Å². The van der Waals surface area contributed by atoms with Gasteiger partial charge in [-0.3, -0.25) is 0 Å². The van der Waals surface area contributed by atoms with Gasteiger partial charge >= 0.3 is 5.97 Å². The van der Waals surface area contributed by atoms with Crippen molar-refractivity contribution in [3.63, 3.8) is 0 Å². The Balaban J connectivity index is 1.05. The van der Waals surface area contributed by atoms with E-state index in [2.05, 4.69) is 0 Å². The van der Waals surface area contributed by atoms with Gasteiger partial charge in [-0.25, -0.2) is 4.79 Å². The second-order valence-electron chi connectivity index (χ2n) is 18.7. The quantitative estimate of drug-likeness (QED) is 0.0468. The van der Waals surface area contributed by atoms with Crippen molar-refractivity contribution in [2.45, 2.75) is 199 Å². The lowest BCUT2D eigenvalue weighted by Gasteiger charge is -2.49. The Kier molecular flexibility index (Phi) is 17.5. The number of fused-ring (bicyclic) bond motifs is 1. The Hall–Kier alpha value is -1.59. The molecule has 0 bridgehead atoms. The van der Waals surface area contributed by atoms with Crippen LogP contribution in [0.15, 0.2) is 12.2 Å². The summed E-state index contributed by atoms with van der Waals surface area (Å²) in [6, 6.07) is 0. The molecule has 368 valence electrons. The summed E-state index contributed by atoms with van der Waals surface area (Å²) in [6.07, 6.45) is -21.4. The van der Waals surface area contributed by atoms with E-state index in [1.54, 1.807) is 13.2 Å². The summed E-state index contributed by atoms with van der Waals surface area (Å²) in [5.41, 5.74) is 0. The summed E-state index contributed by atoms with van der Waals surface area (Å²) in [7, 11) is 1.67. The first-order valence-corrected chi connectivity index (χ1v) is 22.6. The molecule has 3 saturated carbocycles. The van der Waals surface area contributed by atoms with Crippen LogP contribution in [0.3, 0.4) is 0 Å². The normalized spacial score (nSPS) is 50.5. The third-order valence-corrected chi connectivity index (χ3v) is 14.3. The first kappa shape index (κ1) is 50.3. The Morgan fingerprint density at radius 3 is 2.05 bits per heavy atom. The van der Waals surface area contributed by atoms with E-state index in [-0.39, 0.29) is 50.0 Å². The molecule has 64 heavy (non-hydrogen) atoms. The number of hydrogen-bond donors (Lipinski definition) is 12. The summed E-state index contributed by atoms with van der Waals surface area (Å²) in [4.78, 5) is 12.6. The lowest BCUT2D eigenvalue weighted by atomic mass is 9.72. The Morgan fingerprint density at radius 2 is 1.33 bits per heavy atom. The summed E-state index contributed by atoms with van der Waals surface area (Å²) < 4.78 is 51.5. The standard InChI is InChI=1S/C42H68O22/c1-56-20-6-2-17(3-7-20)4-9-30(48)57-15-28-32(50)34(52)37(55)40(62-28)59-16-29-33(51)35(53)39(64-41-36(54)31(49)25(47)14-58-41)42(63-29)61-27-13-21-23(45)11-19(43)12-26(21)60-38(27)18-5-8-22(44)24(46)10-18/h4,9,17-29,31-47,49-55H,2-3,5-8,10-16H2,1H3/p+1/t17?,18?,19?,20?,21?,22?,23?,24?,25-,26?,27?,28-,29-,31+,32-,33+,34+,35+,36-,37-,38?,39-,40-,41+,42-/m1/s1. The fourth-order valence-corrected chi connectivity index (χ4v) is 10.4. The van der Waals surface area contributed by atoms with Crippen LogP contribution in [0, 0.1) is 17.8 Å². The zero-order valence-electron chi connectivity index (χ0n) is 35.8. The van der Waals surface area contributed by atoms with Gasteiger partial charge in [0, 0.05) is 31.9 Å². The maximum absolute atomic E-state index is 12.6. The molecule has 0 aromatic carbocycles. The van der Waals surface area contributed by atoms with Crippen molar-refractivity contribution < 1.29 is 109 Å². The predicted molar refractivity (Wildman–Crippen MR) is 212 cm³/mol. The number of carbonyl (C=O) groups is 1. The van der Waals surface area contributed by atoms with Crippen molar-refractivity contribution in [3.05, 3.63) is 12.2 Å². The average molecular weight is 926 g/mol. The third kappa shape index (κ3) is 11.6. The van der Waals surface area contributed by atoms with Crippen LogP contribution in [0.25, 0.3) is 0 Å². The first-order chi connectivity index (χ1) is 30.5. The molecule has 0 radical (unpaired) electrons. The van der Waals surface area contributed by atoms with E-state index in [9.17, 15) is 66.1 Å². The number of carbonyl (C=O) groups excluding carboxylic acids is 1. The van der Waals surface area contributed by atoms with Crippen molar-refractivity contribution in [1.29, 1.82) is 0 Å². The van der Waals surface area contributed by atoms with Crippen molar-refractivity contribution >= 4 is 5.97 Å². The van der Waals surface area contributed by atoms with Gasteiger partial charge in [-0.05, 0) is 57.3 Å². The number of ether oxygens (including phenoxy) is 9. The van der Waals surface area contributed by atoms with Crippen LogP contribution in [-0.2, 0) is 42.7 Å². The van der Waals surface area contributed by atoms with Crippen LogP contribution in [0.4, 0.5) is 0 Å². The van der Waals surface area contributed by atoms with Gasteiger partial charge in [-0.15, -0.1) is 0 Å². The molecule has 23 atom stereocenters. The minimum absolute atomic E-state index is 0.0983. The second kappa shape index (κ2) is 22.2. The molecule has 13 N–H and O–H groups in total.